The highest BCUT2D eigenvalue weighted by molar-refractivity contribution is 7.15. The van der Waals surface area contributed by atoms with Gasteiger partial charge in [-0.2, -0.15) is 0 Å². The molecule has 1 aromatic heterocycles. The van der Waals surface area contributed by atoms with Crippen molar-refractivity contribution in [3.05, 3.63) is 40.9 Å². The van der Waals surface area contributed by atoms with Crippen molar-refractivity contribution in [2.45, 2.75) is 19.5 Å². The number of ether oxygens (including phenoxy) is 1. The number of para-hydroxylation sites is 1. The van der Waals surface area contributed by atoms with Crippen LogP contribution in [0.2, 0.25) is 0 Å². The predicted molar refractivity (Wildman–Crippen MR) is 82.6 cm³/mol. The molecule has 1 N–H and O–H groups in total. The third-order valence-electron chi connectivity index (χ3n) is 3.59. The van der Waals surface area contributed by atoms with Crippen LogP contribution in [0.25, 0.3) is 0 Å². The van der Waals surface area contributed by atoms with Gasteiger partial charge in [0.15, 0.2) is 5.13 Å². The normalized spacial score (nSPS) is 16.2. The lowest BCUT2D eigenvalue weighted by molar-refractivity contribution is 0.331. The van der Waals surface area contributed by atoms with Crippen molar-refractivity contribution < 1.29 is 4.74 Å². The molecule has 0 saturated carbocycles. The van der Waals surface area contributed by atoms with Crippen LogP contribution in [0.1, 0.15) is 23.4 Å². The Morgan fingerprint density at radius 2 is 2.25 bits per heavy atom. The molecule has 0 fully saturated rings. The molecule has 1 unspecified atom stereocenters. The Morgan fingerprint density at radius 3 is 3.10 bits per heavy atom. The molecule has 2 heterocycles. The van der Waals surface area contributed by atoms with Crippen LogP contribution in [0.3, 0.4) is 0 Å². The van der Waals surface area contributed by atoms with Crippen molar-refractivity contribution in [3.8, 4) is 5.75 Å². The van der Waals surface area contributed by atoms with E-state index in [9.17, 15) is 0 Å². The second kappa shape index (κ2) is 5.81. The van der Waals surface area contributed by atoms with Gasteiger partial charge in [-0.15, -0.1) is 11.3 Å². The van der Waals surface area contributed by atoms with E-state index in [0.717, 1.165) is 24.0 Å². The SMILES string of the molecule is CNC(C)c1cnc(N2CCOc3ccccc3C2)s1. The summed E-state index contributed by atoms with van der Waals surface area (Å²) in [6, 6.07) is 8.58. The van der Waals surface area contributed by atoms with E-state index in [0.29, 0.717) is 12.6 Å². The maximum Gasteiger partial charge on any atom is 0.185 e. The maximum atomic E-state index is 5.80. The quantitative estimate of drug-likeness (QED) is 0.943. The van der Waals surface area contributed by atoms with Crippen molar-refractivity contribution in [2.24, 2.45) is 0 Å². The van der Waals surface area contributed by atoms with Crippen molar-refractivity contribution in [1.82, 2.24) is 10.3 Å². The lowest BCUT2D eigenvalue weighted by Gasteiger charge is -2.18. The molecule has 0 amide bonds. The van der Waals surface area contributed by atoms with Crippen LogP contribution in [0.4, 0.5) is 5.13 Å². The van der Waals surface area contributed by atoms with Gasteiger partial charge >= 0.3 is 0 Å². The molecule has 1 atom stereocenters. The van der Waals surface area contributed by atoms with E-state index in [2.05, 4.69) is 34.3 Å². The van der Waals surface area contributed by atoms with Crippen LogP contribution < -0.4 is 15.0 Å². The van der Waals surface area contributed by atoms with Gasteiger partial charge in [-0.3, -0.25) is 0 Å². The molecule has 5 heteroatoms. The lowest BCUT2D eigenvalue weighted by atomic mass is 10.2. The maximum absolute atomic E-state index is 5.80. The summed E-state index contributed by atoms with van der Waals surface area (Å²) in [7, 11) is 1.97. The largest absolute Gasteiger partial charge is 0.491 e. The molecule has 1 aliphatic heterocycles. The van der Waals surface area contributed by atoms with Crippen molar-refractivity contribution in [2.75, 3.05) is 25.1 Å². The van der Waals surface area contributed by atoms with Gasteiger partial charge in [0, 0.05) is 29.2 Å². The average Bonchev–Trinajstić information content (AvgIpc) is 2.87. The molecular formula is C15H19N3OS. The fourth-order valence-electron chi connectivity index (χ4n) is 2.25. The number of nitrogens with zero attached hydrogens (tertiary/aromatic N) is 2. The fourth-order valence-corrected chi connectivity index (χ4v) is 3.26. The van der Waals surface area contributed by atoms with E-state index in [1.54, 1.807) is 11.3 Å². The third-order valence-corrected chi connectivity index (χ3v) is 4.84. The standard InChI is InChI=1S/C15H19N3OS/c1-11(16-2)14-9-17-15(20-14)18-7-8-19-13-6-4-3-5-12(13)10-18/h3-6,9,11,16H,7-8,10H2,1-2H3. The highest BCUT2D eigenvalue weighted by Crippen LogP contribution is 2.30. The predicted octanol–water partition coefficient (Wildman–Crippen LogP) is 2.82. The summed E-state index contributed by atoms with van der Waals surface area (Å²) in [6.07, 6.45) is 1.97. The second-order valence-corrected chi connectivity index (χ2v) is 5.97. The van der Waals surface area contributed by atoms with Gasteiger partial charge in [0.25, 0.3) is 0 Å². The molecular weight excluding hydrogens is 270 g/mol. The summed E-state index contributed by atoms with van der Waals surface area (Å²) >= 11 is 1.75. The third kappa shape index (κ3) is 2.64. The molecule has 0 radical (unpaired) electrons. The minimum atomic E-state index is 0.344. The van der Waals surface area contributed by atoms with E-state index >= 15 is 0 Å². The molecule has 0 saturated heterocycles. The molecule has 0 aliphatic carbocycles. The van der Waals surface area contributed by atoms with Gasteiger partial charge in [0.1, 0.15) is 12.4 Å². The topological polar surface area (TPSA) is 37.4 Å². The monoisotopic (exact) mass is 289 g/mol. The van der Waals surface area contributed by atoms with Gasteiger partial charge in [-0.05, 0) is 20.0 Å². The first-order chi connectivity index (χ1) is 9.78. The summed E-state index contributed by atoms with van der Waals surface area (Å²) < 4.78 is 5.80. The molecule has 20 heavy (non-hydrogen) atoms. The summed E-state index contributed by atoms with van der Waals surface area (Å²) in [4.78, 5) is 8.13. The number of hydrogen-bond acceptors (Lipinski definition) is 5. The Labute approximate surface area is 123 Å². The Kier molecular flexibility index (Phi) is 3.89. The number of thiazole rings is 1. The average molecular weight is 289 g/mol. The molecule has 0 spiro atoms. The molecule has 3 rings (SSSR count). The summed E-state index contributed by atoms with van der Waals surface area (Å²) in [5.74, 6) is 0.996. The van der Waals surface area contributed by atoms with Crippen molar-refractivity contribution >= 4 is 16.5 Å². The van der Waals surface area contributed by atoms with Crippen LogP contribution in [0, 0.1) is 0 Å². The van der Waals surface area contributed by atoms with Gasteiger partial charge in [0.05, 0.1) is 6.54 Å². The van der Waals surface area contributed by atoms with Gasteiger partial charge in [0.2, 0.25) is 0 Å². The van der Waals surface area contributed by atoms with Gasteiger partial charge < -0.3 is 15.0 Å². The Balaban J connectivity index is 1.82. The summed E-state index contributed by atoms with van der Waals surface area (Å²) in [6.45, 7) is 4.58. The van der Waals surface area contributed by atoms with E-state index in [1.165, 1.54) is 10.4 Å². The van der Waals surface area contributed by atoms with Crippen LogP contribution in [-0.2, 0) is 6.54 Å². The number of anilines is 1. The van der Waals surface area contributed by atoms with E-state index in [1.807, 2.05) is 25.4 Å². The van der Waals surface area contributed by atoms with Crippen molar-refractivity contribution in [1.29, 1.82) is 0 Å². The molecule has 1 aliphatic rings. The number of aromatic nitrogens is 1. The summed E-state index contributed by atoms with van der Waals surface area (Å²) in [5.41, 5.74) is 1.23. The number of benzene rings is 1. The number of rotatable bonds is 3. The first kappa shape index (κ1) is 13.4. The number of nitrogens with one attached hydrogen (secondary N) is 1. The minimum Gasteiger partial charge on any atom is -0.491 e. The first-order valence-electron chi connectivity index (χ1n) is 6.86. The van der Waals surface area contributed by atoms with Crippen LogP contribution in [0.15, 0.2) is 30.5 Å². The number of fused-ring (bicyclic) bond motifs is 1. The van der Waals surface area contributed by atoms with Crippen LogP contribution in [0.5, 0.6) is 5.75 Å². The highest BCUT2D eigenvalue weighted by atomic mass is 32.1. The zero-order chi connectivity index (χ0) is 13.9. The summed E-state index contributed by atoms with van der Waals surface area (Å²) in [5, 5.41) is 4.32. The molecule has 0 bridgehead atoms. The Morgan fingerprint density at radius 1 is 1.40 bits per heavy atom. The van der Waals surface area contributed by atoms with Gasteiger partial charge in [-0.25, -0.2) is 4.98 Å². The first-order valence-corrected chi connectivity index (χ1v) is 7.68. The Hall–Kier alpha value is -1.59. The minimum absolute atomic E-state index is 0.344. The lowest BCUT2D eigenvalue weighted by Crippen LogP contribution is -2.24. The number of hydrogen-bond donors (Lipinski definition) is 1. The van der Waals surface area contributed by atoms with Gasteiger partial charge in [-0.1, -0.05) is 18.2 Å². The fraction of sp³-hybridized carbons (Fsp3) is 0.400. The smallest absolute Gasteiger partial charge is 0.185 e. The van der Waals surface area contributed by atoms with E-state index < -0.39 is 0 Å². The van der Waals surface area contributed by atoms with E-state index in [-0.39, 0.29) is 0 Å². The Bertz CT molecular complexity index is 584. The van der Waals surface area contributed by atoms with Crippen LogP contribution >= 0.6 is 11.3 Å². The zero-order valence-corrected chi connectivity index (χ0v) is 12.6. The molecule has 106 valence electrons. The van der Waals surface area contributed by atoms with Crippen LogP contribution in [-0.4, -0.2) is 25.2 Å². The second-order valence-electron chi connectivity index (χ2n) is 4.93. The molecule has 4 nitrogen and oxygen atoms in total. The molecule has 2 aromatic rings. The zero-order valence-electron chi connectivity index (χ0n) is 11.8. The highest BCUT2D eigenvalue weighted by Gasteiger charge is 2.18. The van der Waals surface area contributed by atoms with Crippen molar-refractivity contribution in [3.63, 3.8) is 0 Å². The molecule has 1 aromatic carbocycles. The van der Waals surface area contributed by atoms with E-state index in [4.69, 9.17) is 4.74 Å².